The van der Waals surface area contributed by atoms with Gasteiger partial charge in [0.15, 0.2) is 15.6 Å². The number of hydrogen-bond donors (Lipinski definition) is 1. The molecule has 0 saturated carbocycles. The molecule has 0 bridgehead atoms. The van der Waals surface area contributed by atoms with Gasteiger partial charge in [-0.05, 0) is 72.2 Å². The van der Waals surface area contributed by atoms with Gasteiger partial charge in [-0.2, -0.15) is 0 Å². The van der Waals surface area contributed by atoms with Gasteiger partial charge in [-0.15, -0.1) is 0 Å². The highest BCUT2D eigenvalue weighted by atomic mass is 32.2. The van der Waals surface area contributed by atoms with Gasteiger partial charge in [-0.1, -0.05) is 33.8 Å². The van der Waals surface area contributed by atoms with E-state index < -0.39 is 27.0 Å². The highest BCUT2D eigenvalue weighted by Gasteiger charge is 2.27. The fraction of sp³-hybridized carbons (Fsp3) is 0.536. The van der Waals surface area contributed by atoms with Crippen molar-refractivity contribution in [3.05, 3.63) is 58.4 Å². The molecular weight excluding hydrogens is 481 g/mol. The summed E-state index contributed by atoms with van der Waals surface area (Å²) in [4.78, 5) is 15.2. The number of sulfone groups is 1. The second kappa shape index (κ2) is 11.0. The summed E-state index contributed by atoms with van der Waals surface area (Å²) in [6, 6.07) is 7.89. The van der Waals surface area contributed by atoms with Gasteiger partial charge >= 0.3 is 0 Å². The maximum Gasteiger partial charge on any atom is 0.185 e. The predicted molar refractivity (Wildman–Crippen MR) is 140 cm³/mol. The number of Topliss-reactive ketones (excluding diaryl/α,β-unsaturated/α-hetero) is 1. The Hall–Kier alpha value is -2.29. The molecule has 1 fully saturated rings. The van der Waals surface area contributed by atoms with Crippen LogP contribution in [0.25, 0.3) is 0 Å². The van der Waals surface area contributed by atoms with Crippen LogP contribution in [0, 0.1) is 5.82 Å². The maximum absolute atomic E-state index is 14.7. The van der Waals surface area contributed by atoms with Crippen molar-refractivity contribution in [1.82, 2.24) is 0 Å². The number of anilines is 1. The SMILES string of the molecule is CC(C)c1ccc(F)c(C(C)C)c1CC(=O)CS(=O)(=O)c1cc(N2CCOCC2)cc(C(C)(C)O)c1. The Balaban J connectivity index is 1.96. The molecule has 2 aromatic rings. The van der Waals surface area contributed by atoms with Crippen LogP contribution in [-0.2, 0) is 31.4 Å². The van der Waals surface area contributed by atoms with Crippen molar-refractivity contribution in [2.24, 2.45) is 0 Å². The zero-order valence-corrected chi connectivity index (χ0v) is 22.9. The van der Waals surface area contributed by atoms with Crippen molar-refractivity contribution in [2.45, 2.75) is 70.3 Å². The number of morpholine rings is 1. The second-order valence-electron chi connectivity index (χ2n) is 10.7. The zero-order chi connectivity index (χ0) is 26.8. The Morgan fingerprint density at radius 3 is 2.28 bits per heavy atom. The van der Waals surface area contributed by atoms with E-state index in [0.29, 0.717) is 48.7 Å². The molecule has 6 nitrogen and oxygen atoms in total. The molecule has 1 saturated heterocycles. The Morgan fingerprint density at radius 1 is 1.08 bits per heavy atom. The van der Waals surface area contributed by atoms with Crippen LogP contribution in [0.5, 0.6) is 0 Å². The van der Waals surface area contributed by atoms with Crippen molar-refractivity contribution >= 4 is 21.3 Å². The molecule has 0 unspecified atom stereocenters. The van der Waals surface area contributed by atoms with Crippen LogP contribution in [0.15, 0.2) is 35.2 Å². The van der Waals surface area contributed by atoms with Gasteiger partial charge in [-0.3, -0.25) is 4.79 Å². The lowest BCUT2D eigenvalue weighted by Gasteiger charge is -2.30. The smallest absolute Gasteiger partial charge is 0.185 e. The first-order valence-electron chi connectivity index (χ1n) is 12.5. The molecule has 0 atom stereocenters. The molecule has 1 N–H and O–H groups in total. The van der Waals surface area contributed by atoms with Crippen LogP contribution in [0.2, 0.25) is 0 Å². The molecule has 0 radical (unpaired) electrons. The normalized spacial score (nSPS) is 15.1. The van der Waals surface area contributed by atoms with Gasteiger partial charge in [0.1, 0.15) is 11.6 Å². The number of carbonyl (C=O) groups is 1. The van der Waals surface area contributed by atoms with E-state index in [9.17, 15) is 22.7 Å². The molecule has 0 spiro atoms. The molecule has 1 aliphatic rings. The molecular formula is C28H38FNO5S. The van der Waals surface area contributed by atoms with E-state index in [2.05, 4.69) is 0 Å². The number of hydrogen-bond acceptors (Lipinski definition) is 6. The molecule has 0 amide bonds. The van der Waals surface area contributed by atoms with E-state index >= 15 is 0 Å². The van der Waals surface area contributed by atoms with Crippen LogP contribution < -0.4 is 4.90 Å². The van der Waals surface area contributed by atoms with Crippen molar-refractivity contribution < 1.29 is 27.4 Å². The minimum atomic E-state index is -4.01. The molecule has 1 heterocycles. The molecule has 0 aliphatic carbocycles. The molecule has 3 rings (SSSR count). The summed E-state index contributed by atoms with van der Waals surface area (Å²) in [7, 11) is -4.01. The average Bonchev–Trinajstić information content (AvgIpc) is 2.78. The Kier molecular flexibility index (Phi) is 8.63. The van der Waals surface area contributed by atoms with Gasteiger partial charge in [-0.25, -0.2) is 12.8 Å². The second-order valence-corrected chi connectivity index (χ2v) is 12.7. The minimum Gasteiger partial charge on any atom is -0.386 e. The van der Waals surface area contributed by atoms with Crippen molar-refractivity contribution in [3.8, 4) is 0 Å². The van der Waals surface area contributed by atoms with Crippen LogP contribution >= 0.6 is 0 Å². The van der Waals surface area contributed by atoms with E-state index in [-0.39, 0.29) is 29.0 Å². The van der Waals surface area contributed by atoms with E-state index in [1.807, 2.05) is 32.6 Å². The number of carbonyl (C=O) groups excluding carboxylic acids is 1. The van der Waals surface area contributed by atoms with E-state index in [1.54, 1.807) is 32.0 Å². The van der Waals surface area contributed by atoms with Crippen molar-refractivity contribution in [1.29, 1.82) is 0 Å². The number of aliphatic hydroxyl groups is 1. The molecule has 0 aromatic heterocycles. The fourth-order valence-corrected chi connectivity index (χ4v) is 5.98. The summed E-state index contributed by atoms with van der Waals surface area (Å²) in [5, 5.41) is 10.6. The molecule has 36 heavy (non-hydrogen) atoms. The quantitative estimate of drug-likeness (QED) is 0.516. The summed E-state index contributed by atoms with van der Waals surface area (Å²) in [6.07, 6.45) is -0.153. The van der Waals surface area contributed by atoms with Crippen molar-refractivity contribution in [3.63, 3.8) is 0 Å². The third-order valence-corrected chi connectivity index (χ3v) is 8.25. The lowest BCUT2D eigenvalue weighted by atomic mass is 9.86. The third kappa shape index (κ3) is 6.52. The Morgan fingerprint density at radius 2 is 1.72 bits per heavy atom. The van der Waals surface area contributed by atoms with Gasteiger partial charge in [0.25, 0.3) is 0 Å². The topological polar surface area (TPSA) is 83.9 Å². The van der Waals surface area contributed by atoms with Crippen LogP contribution in [0.4, 0.5) is 10.1 Å². The summed E-state index contributed by atoms with van der Waals surface area (Å²) < 4.78 is 47.0. The fourth-order valence-electron chi connectivity index (χ4n) is 4.68. The lowest BCUT2D eigenvalue weighted by molar-refractivity contribution is -0.116. The monoisotopic (exact) mass is 519 g/mol. The highest BCUT2D eigenvalue weighted by Crippen LogP contribution is 2.32. The maximum atomic E-state index is 14.7. The number of benzene rings is 2. The Bertz CT molecular complexity index is 1210. The number of ether oxygens (including phenoxy) is 1. The zero-order valence-electron chi connectivity index (χ0n) is 22.1. The molecule has 2 aromatic carbocycles. The number of nitrogens with zero attached hydrogens (tertiary/aromatic N) is 1. The average molecular weight is 520 g/mol. The summed E-state index contributed by atoms with van der Waals surface area (Å²) >= 11 is 0. The first-order valence-corrected chi connectivity index (χ1v) is 14.1. The van der Waals surface area contributed by atoms with Gasteiger partial charge in [0.2, 0.25) is 0 Å². The van der Waals surface area contributed by atoms with Gasteiger partial charge < -0.3 is 14.7 Å². The standard InChI is InChI=1S/C28H38FNO5S/c1-18(2)24-7-8-26(29)27(19(3)4)25(24)16-22(31)17-36(33,34)23-14-20(28(5,6)32)13-21(15-23)30-9-11-35-12-10-30/h7-8,13-15,18-19,32H,9-12,16-17H2,1-6H3. The largest absolute Gasteiger partial charge is 0.386 e. The molecule has 198 valence electrons. The first kappa shape index (κ1) is 28.3. The van der Waals surface area contributed by atoms with Crippen molar-refractivity contribution in [2.75, 3.05) is 37.0 Å². The molecule has 8 heteroatoms. The van der Waals surface area contributed by atoms with Crippen LogP contribution in [0.3, 0.4) is 0 Å². The highest BCUT2D eigenvalue weighted by molar-refractivity contribution is 7.92. The number of rotatable bonds is 9. The summed E-state index contributed by atoms with van der Waals surface area (Å²) in [5.74, 6) is -1.67. The third-order valence-electron chi connectivity index (χ3n) is 6.60. The number of ketones is 1. The number of halogens is 1. The van der Waals surface area contributed by atoms with Gasteiger partial charge in [0, 0.05) is 25.2 Å². The van der Waals surface area contributed by atoms with E-state index in [1.165, 1.54) is 12.1 Å². The van der Waals surface area contributed by atoms with E-state index in [4.69, 9.17) is 4.74 Å². The summed E-state index contributed by atoms with van der Waals surface area (Å²) in [5.41, 5.74) is 1.75. The Labute approximate surface area is 214 Å². The van der Waals surface area contributed by atoms with E-state index in [0.717, 1.165) is 5.56 Å². The van der Waals surface area contributed by atoms with Crippen LogP contribution in [-0.4, -0.2) is 51.4 Å². The minimum absolute atomic E-state index is 0.00984. The van der Waals surface area contributed by atoms with Crippen LogP contribution in [0.1, 0.15) is 75.6 Å². The first-order chi connectivity index (χ1) is 16.7. The lowest BCUT2D eigenvalue weighted by Crippen LogP contribution is -2.36. The predicted octanol–water partition coefficient (Wildman–Crippen LogP) is 4.72. The molecule has 1 aliphatic heterocycles. The van der Waals surface area contributed by atoms with Gasteiger partial charge in [0.05, 0.1) is 23.7 Å². The summed E-state index contributed by atoms with van der Waals surface area (Å²) in [6.45, 7) is 13.1.